The molecular weight excluding hydrogens is 1050 g/mol. The molecule has 1 heterocycles. The van der Waals surface area contributed by atoms with Gasteiger partial charge in [-0.2, -0.15) is 0 Å². The molecule has 0 spiro atoms. The highest BCUT2D eigenvalue weighted by atomic mass is 16.7. The van der Waals surface area contributed by atoms with Gasteiger partial charge >= 0.3 is 0 Å². The first kappa shape index (κ1) is 80.4. The second-order valence-electron chi connectivity index (χ2n) is 25.0. The highest BCUT2D eigenvalue weighted by Gasteiger charge is 2.44. The molecule has 1 saturated heterocycles. The van der Waals surface area contributed by atoms with Crippen LogP contribution in [0, 0.1) is 0 Å². The number of aliphatic hydroxyl groups is 5. The van der Waals surface area contributed by atoms with Crippen molar-refractivity contribution in [3.8, 4) is 0 Å². The van der Waals surface area contributed by atoms with E-state index in [9.17, 15) is 30.3 Å². The number of hydrogen-bond acceptors (Lipinski definition) is 8. The second-order valence-corrected chi connectivity index (χ2v) is 25.0. The van der Waals surface area contributed by atoms with Crippen molar-refractivity contribution in [2.75, 3.05) is 13.2 Å². The molecule has 0 aromatic rings. The van der Waals surface area contributed by atoms with E-state index in [1.165, 1.54) is 244 Å². The van der Waals surface area contributed by atoms with Crippen molar-refractivity contribution < 1.29 is 39.8 Å². The summed E-state index contributed by atoms with van der Waals surface area (Å²) in [6.07, 6.45) is 85.6. The van der Waals surface area contributed by atoms with Crippen LogP contribution in [0.25, 0.3) is 0 Å². The van der Waals surface area contributed by atoms with Gasteiger partial charge in [0.2, 0.25) is 5.91 Å². The summed E-state index contributed by atoms with van der Waals surface area (Å²) in [5.41, 5.74) is 0. The van der Waals surface area contributed by atoms with E-state index < -0.39 is 49.5 Å². The van der Waals surface area contributed by atoms with Crippen LogP contribution in [-0.4, -0.2) is 87.5 Å². The fraction of sp³-hybridized carbons (Fsp3) is 0.803. The molecule has 1 aliphatic rings. The van der Waals surface area contributed by atoms with Crippen molar-refractivity contribution in [1.29, 1.82) is 0 Å². The number of carbonyl (C=O) groups is 1. The van der Waals surface area contributed by atoms with E-state index in [0.29, 0.717) is 6.42 Å². The lowest BCUT2D eigenvalue weighted by Crippen LogP contribution is -2.60. The van der Waals surface area contributed by atoms with Gasteiger partial charge in [-0.05, 0) is 77.0 Å². The van der Waals surface area contributed by atoms with E-state index in [2.05, 4.69) is 92.1 Å². The molecule has 0 radical (unpaired) electrons. The van der Waals surface area contributed by atoms with Gasteiger partial charge in [0, 0.05) is 6.42 Å². The third kappa shape index (κ3) is 53.0. The fourth-order valence-electron chi connectivity index (χ4n) is 11.3. The molecule has 0 bridgehead atoms. The van der Waals surface area contributed by atoms with Crippen molar-refractivity contribution in [2.24, 2.45) is 0 Å². The minimum atomic E-state index is -1.58. The second kappa shape index (κ2) is 64.4. The summed E-state index contributed by atoms with van der Waals surface area (Å²) < 4.78 is 11.3. The maximum atomic E-state index is 13.1. The molecule has 1 fully saturated rings. The van der Waals surface area contributed by atoms with Crippen LogP contribution in [0.3, 0.4) is 0 Å². The molecule has 0 saturated carbocycles. The van der Waals surface area contributed by atoms with E-state index in [1.54, 1.807) is 6.08 Å². The Morgan fingerprint density at radius 1 is 0.412 bits per heavy atom. The van der Waals surface area contributed by atoms with Gasteiger partial charge in [-0.1, -0.05) is 336 Å². The van der Waals surface area contributed by atoms with E-state index >= 15 is 0 Å². The Balaban J connectivity index is 2.13. The number of amides is 1. The Morgan fingerprint density at radius 3 is 1.13 bits per heavy atom. The monoisotopic (exact) mass is 1190 g/mol. The Kier molecular flexibility index (Phi) is 60.9. The van der Waals surface area contributed by atoms with Crippen LogP contribution in [0.15, 0.2) is 85.1 Å². The molecule has 7 atom stereocenters. The van der Waals surface area contributed by atoms with Crippen molar-refractivity contribution in [2.45, 2.75) is 378 Å². The van der Waals surface area contributed by atoms with Crippen molar-refractivity contribution >= 4 is 5.91 Å². The Hall–Kier alpha value is -2.63. The average Bonchev–Trinajstić information content (AvgIpc) is 3.68. The first-order chi connectivity index (χ1) is 41.8. The summed E-state index contributed by atoms with van der Waals surface area (Å²) in [6, 6.07) is -0.827. The van der Waals surface area contributed by atoms with Crippen LogP contribution < -0.4 is 5.32 Å². The van der Waals surface area contributed by atoms with Crippen LogP contribution >= 0.6 is 0 Å². The predicted molar refractivity (Wildman–Crippen MR) is 364 cm³/mol. The number of aliphatic hydroxyl groups excluding tert-OH is 5. The molecule has 9 nitrogen and oxygen atoms in total. The molecule has 1 aliphatic heterocycles. The number of ether oxygens (including phenoxy) is 2. The van der Waals surface area contributed by atoms with Gasteiger partial charge in [0.1, 0.15) is 24.4 Å². The first-order valence-corrected chi connectivity index (χ1v) is 36.3. The zero-order chi connectivity index (χ0) is 61.4. The number of nitrogens with one attached hydrogen (secondary N) is 1. The summed E-state index contributed by atoms with van der Waals surface area (Å²) in [5.74, 6) is -0.184. The largest absolute Gasteiger partial charge is 0.394 e. The number of rotatable bonds is 63. The molecule has 1 amide bonds. The van der Waals surface area contributed by atoms with Crippen LogP contribution in [0.4, 0.5) is 0 Å². The molecule has 85 heavy (non-hydrogen) atoms. The van der Waals surface area contributed by atoms with Crippen LogP contribution in [-0.2, 0) is 14.3 Å². The first-order valence-electron chi connectivity index (χ1n) is 36.3. The lowest BCUT2D eigenvalue weighted by atomic mass is 9.99. The summed E-state index contributed by atoms with van der Waals surface area (Å²) >= 11 is 0. The van der Waals surface area contributed by atoms with Crippen LogP contribution in [0.2, 0.25) is 0 Å². The zero-order valence-corrected chi connectivity index (χ0v) is 55.4. The molecule has 7 unspecified atom stereocenters. The lowest BCUT2D eigenvalue weighted by molar-refractivity contribution is -0.302. The molecule has 0 aromatic carbocycles. The van der Waals surface area contributed by atoms with E-state index in [4.69, 9.17) is 9.47 Å². The Bertz CT molecular complexity index is 1620. The highest BCUT2D eigenvalue weighted by molar-refractivity contribution is 5.76. The van der Waals surface area contributed by atoms with Crippen LogP contribution in [0.5, 0.6) is 0 Å². The maximum Gasteiger partial charge on any atom is 0.220 e. The minimum absolute atomic E-state index is 0.184. The van der Waals surface area contributed by atoms with E-state index in [0.717, 1.165) is 70.6 Å². The standard InChI is InChI=1S/C76H137NO8/c1-3-5-7-9-11-13-15-17-19-21-23-25-27-29-31-33-34-35-36-38-40-42-44-46-48-50-52-54-56-58-60-62-64-66-72(80)77-69(68-84-76-75(83)74(82)73(81)71(67-78)85-76)70(79)65-63-61-59-57-55-53-51-49-47-45-43-41-39-37-32-30-28-26-24-22-20-18-16-14-12-10-8-6-4-2/h5,7,11,13,17,19,23,25,29,31,55,57,63,65,69-71,73-76,78-79,81-83H,3-4,6,8-10,12,14-16,18,20-22,24,26-28,30,32-54,56,58-62,64,66-68H2,1-2H3,(H,77,80)/b7-5-,13-11-,19-17-,25-23-,31-29-,57-55+,65-63+. The van der Waals surface area contributed by atoms with Crippen molar-refractivity contribution in [3.05, 3.63) is 85.1 Å². The number of hydrogen-bond donors (Lipinski definition) is 6. The topological polar surface area (TPSA) is 149 Å². The third-order valence-electron chi connectivity index (χ3n) is 17.0. The molecule has 9 heteroatoms. The van der Waals surface area contributed by atoms with Crippen LogP contribution in [0.1, 0.15) is 335 Å². The van der Waals surface area contributed by atoms with Gasteiger partial charge in [0.25, 0.3) is 0 Å². The predicted octanol–water partition coefficient (Wildman–Crippen LogP) is 20.1. The third-order valence-corrected chi connectivity index (χ3v) is 17.0. The molecular formula is C76H137NO8. The normalized spacial score (nSPS) is 18.6. The van der Waals surface area contributed by atoms with Crippen molar-refractivity contribution in [1.82, 2.24) is 5.32 Å². The maximum absolute atomic E-state index is 13.1. The van der Waals surface area contributed by atoms with Gasteiger partial charge in [-0.15, -0.1) is 0 Å². The molecule has 0 aromatic heterocycles. The summed E-state index contributed by atoms with van der Waals surface area (Å²) in [6.45, 7) is 3.69. The fourth-order valence-corrected chi connectivity index (χ4v) is 11.3. The lowest BCUT2D eigenvalue weighted by Gasteiger charge is -2.40. The number of carbonyl (C=O) groups excluding carboxylic acids is 1. The SMILES string of the molecule is CC/C=C\C/C=C\C/C=C\C/C=C\C/C=C\CCCCCCCCCCCCCCCCCCCC(=O)NC(COC1OC(CO)C(O)C(O)C1O)C(O)/C=C/CC/C=C/CCCCCCCCCCCCCCCCCCCCCCCCC. The quantitative estimate of drug-likeness (QED) is 0.0261. The zero-order valence-electron chi connectivity index (χ0n) is 55.4. The van der Waals surface area contributed by atoms with E-state index in [-0.39, 0.29) is 12.5 Å². The summed E-state index contributed by atoms with van der Waals surface area (Å²) in [5, 5.41) is 54.8. The van der Waals surface area contributed by atoms with Gasteiger partial charge in [0.05, 0.1) is 25.4 Å². The summed E-state index contributed by atoms with van der Waals surface area (Å²) in [4.78, 5) is 13.1. The smallest absolute Gasteiger partial charge is 0.220 e. The molecule has 1 rings (SSSR count). The van der Waals surface area contributed by atoms with E-state index in [1.807, 2.05) is 6.08 Å². The van der Waals surface area contributed by atoms with Gasteiger partial charge < -0.3 is 40.3 Å². The molecule has 494 valence electrons. The van der Waals surface area contributed by atoms with Gasteiger partial charge in [0.15, 0.2) is 6.29 Å². The molecule has 0 aliphatic carbocycles. The Labute approximate surface area is 524 Å². The highest BCUT2D eigenvalue weighted by Crippen LogP contribution is 2.23. The Morgan fingerprint density at radius 2 is 0.741 bits per heavy atom. The number of unbranched alkanes of at least 4 members (excludes halogenated alkanes) is 41. The molecule has 6 N–H and O–H groups in total. The minimum Gasteiger partial charge on any atom is -0.394 e. The average molecular weight is 1190 g/mol. The van der Waals surface area contributed by atoms with Gasteiger partial charge in [-0.3, -0.25) is 4.79 Å². The summed E-state index contributed by atoms with van der Waals surface area (Å²) in [7, 11) is 0. The number of allylic oxidation sites excluding steroid dienone is 13. The van der Waals surface area contributed by atoms with Crippen molar-refractivity contribution in [3.63, 3.8) is 0 Å². The van der Waals surface area contributed by atoms with Gasteiger partial charge in [-0.25, -0.2) is 0 Å².